The molecule has 0 fully saturated rings. The van der Waals surface area contributed by atoms with Crippen LogP contribution in [0.4, 0.5) is 0 Å². The topological polar surface area (TPSA) is 13.1 Å². The van der Waals surface area contributed by atoms with Gasteiger partial charge in [-0.25, -0.2) is 0 Å². The van der Waals surface area contributed by atoms with Crippen LogP contribution in [0.1, 0.15) is 11.0 Å². The van der Waals surface area contributed by atoms with E-state index in [1.54, 1.807) is 0 Å². The molecule has 0 saturated heterocycles. The minimum atomic E-state index is -0.440. The average molecular weight is 629 g/mol. The van der Waals surface area contributed by atoms with E-state index in [1.165, 1.54) is 0 Å². The third-order valence-corrected chi connectivity index (χ3v) is 10.0. The third-order valence-electron chi connectivity index (χ3n) is 10.0. The van der Waals surface area contributed by atoms with E-state index in [0.717, 1.165) is 48.5 Å². The molecule has 0 bridgehead atoms. The first-order valence-corrected chi connectivity index (χ1v) is 16.3. The summed E-state index contributed by atoms with van der Waals surface area (Å²) in [5, 5.41) is 9.83. The number of hydrogen-bond acceptors (Lipinski definition) is 1. The predicted molar refractivity (Wildman–Crippen MR) is 210 cm³/mol. The van der Waals surface area contributed by atoms with Gasteiger partial charge in [-0.05, 0) is 111 Å². The highest BCUT2D eigenvalue weighted by atomic mass is 16.3. The van der Waals surface area contributed by atoms with Crippen molar-refractivity contribution in [2.45, 2.75) is 0 Å². The lowest BCUT2D eigenvalue weighted by molar-refractivity contribution is 0.669. The first-order chi connectivity index (χ1) is 27.6. The van der Waals surface area contributed by atoms with Gasteiger partial charge in [0.15, 0.2) is 0 Å². The molecule has 226 valence electrons. The zero-order valence-electron chi connectivity index (χ0n) is 34.0. The molecule has 1 heteroatoms. The molecule has 0 aliphatic rings. The molecule has 10 aromatic carbocycles. The van der Waals surface area contributed by atoms with Crippen LogP contribution in [0.15, 0.2) is 174 Å². The lowest BCUT2D eigenvalue weighted by Crippen LogP contribution is -1.93. The highest BCUT2D eigenvalue weighted by Gasteiger charge is 2.22. The number of rotatable bonds is 2. The zero-order chi connectivity index (χ0) is 39.0. The van der Waals surface area contributed by atoms with Crippen LogP contribution in [-0.4, -0.2) is 0 Å². The monoisotopic (exact) mass is 628 g/mol. The van der Waals surface area contributed by atoms with E-state index < -0.39 is 24.2 Å². The molecule has 0 amide bonds. The largest absolute Gasteiger partial charge is 0.456 e. The number of hydrogen-bond donors (Lipinski definition) is 0. The third kappa shape index (κ3) is 3.76. The van der Waals surface area contributed by atoms with Gasteiger partial charge < -0.3 is 4.42 Å². The molecule has 0 atom stereocenters. The minimum absolute atomic E-state index is 0.166. The molecule has 0 aliphatic carbocycles. The molecule has 0 aliphatic heterocycles. The fourth-order valence-corrected chi connectivity index (χ4v) is 7.97. The van der Waals surface area contributed by atoms with Crippen LogP contribution in [0.2, 0.25) is 0 Å². The molecule has 11 aromatic rings. The Morgan fingerprint density at radius 1 is 0.347 bits per heavy atom. The Balaban J connectivity index is 1.42. The van der Waals surface area contributed by atoms with E-state index in [2.05, 4.69) is 12.1 Å². The van der Waals surface area contributed by atoms with Gasteiger partial charge in [-0.15, -0.1) is 0 Å². The van der Waals surface area contributed by atoms with E-state index in [9.17, 15) is 5.48 Å². The summed E-state index contributed by atoms with van der Waals surface area (Å²) < 4.78 is 80.8. The molecular formula is C48H28O. The summed E-state index contributed by atoms with van der Waals surface area (Å²) in [4.78, 5) is 0. The first kappa shape index (κ1) is 20.0. The summed E-state index contributed by atoms with van der Waals surface area (Å²) in [6, 6.07) is 36.6. The van der Waals surface area contributed by atoms with Gasteiger partial charge >= 0.3 is 0 Å². The van der Waals surface area contributed by atoms with E-state index in [0.29, 0.717) is 38.8 Å². The Kier molecular flexibility index (Phi) is 4.10. The molecule has 0 unspecified atom stereocenters. The summed E-state index contributed by atoms with van der Waals surface area (Å²) in [6.45, 7) is 0. The molecular weight excluding hydrogens is 593 g/mol. The van der Waals surface area contributed by atoms with Gasteiger partial charge in [-0.3, -0.25) is 0 Å². The Hall–Kier alpha value is -6.44. The van der Waals surface area contributed by atoms with Crippen LogP contribution in [0.5, 0.6) is 0 Å². The number of furan rings is 1. The Morgan fingerprint density at radius 3 is 1.63 bits per heavy atom. The van der Waals surface area contributed by atoms with Crippen molar-refractivity contribution in [3.05, 3.63) is 170 Å². The van der Waals surface area contributed by atoms with Gasteiger partial charge in [-0.1, -0.05) is 145 Å². The van der Waals surface area contributed by atoms with E-state index >= 15 is 0 Å². The van der Waals surface area contributed by atoms with Crippen molar-refractivity contribution < 1.29 is 15.4 Å². The Bertz CT molecular complexity index is 3540. The summed E-state index contributed by atoms with van der Waals surface area (Å²) in [6.07, 6.45) is 0. The van der Waals surface area contributed by atoms with Crippen LogP contribution in [0, 0.1) is 0 Å². The molecule has 11 rings (SSSR count). The van der Waals surface area contributed by atoms with Crippen molar-refractivity contribution in [3.63, 3.8) is 0 Å². The van der Waals surface area contributed by atoms with Gasteiger partial charge in [0.1, 0.15) is 11.2 Å². The highest BCUT2D eigenvalue weighted by molar-refractivity contribution is 6.30. The molecule has 49 heavy (non-hydrogen) atoms. The van der Waals surface area contributed by atoms with Gasteiger partial charge in [0, 0.05) is 10.8 Å². The van der Waals surface area contributed by atoms with Crippen molar-refractivity contribution in [3.8, 4) is 22.3 Å². The summed E-state index contributed by atoms with van der Waals surface area (Å²) in [5.41, 5.74) is 2.92. The molecule has 1 nitrogen and oxygen atoms in total. The second-order valence-corrected chi connectivity index (χ2v) is 12.6. The molecule has 0 N–H and O–H groups in total. The molecule has 0 spiro atoms. The van der Waals surface area contributed by atoms with Crippen molar-refractivity contribution in [2.75, 3.05) is 0 Å². The highest BCUT2D eigenvalue weighted by Crippen LogP contribution is 2.49. The van der Waals surface area contributed by atoms with Crippen molar-refractivity contribution in [2.24, 2.45) is 0 Å². The lowest BCUT2D eigenvalue weighted by atomic mass is 9.83. The first-order valence-electron chi connectivity index (χ1n) is 20.3. The van der Waals surface area contributed by atoms with Crippen LogP contribution < -0.4 is 0 Å². The van der Waals surface area contributed by atoms with Crippen LogP contribution in [0.3, 0.4) is 0 Å². The molecule has 1 aromatic heterocycles. The standard InChI is InChI=1S/C48H28O/c1-2-14-31-28-44-42(26-30(31)13-1)48-40(22-11-23-43(48)49-44)46-36-18-7-9-20-38(36)47(39-21-10-8-19-37(39)46)41-27-32-25-24-29-12-3-4-15-33(29)45(32)35-17-6-5-16-34(35)41/h1-28H/i7D,8D,9D,10D,18D,19D,20D,21D. The molecule has 1 heterocycles. The number of benzene rings is 10. The van der Waals surface area contributed by atoms with Gasteiger partial charge in [0.05, 0.1) is 11.0 Å². The fourth-order valence-electron chi connectivity index (χ4n) is 7.97. The zero-order valence-corrected chi connectivity index (χ0v) is 26.0. The molecule has 0 saturated carbocycles. The van der Waals surface area contributed by atoms with Crippen molar-refractivity contribution >= 4 is 86.6 Å². The SMILES string of the molecule is [2H]c1c([2H])c([2H])c2c(-c3cccc4oc5cc6ccccc6cc5c34)c3c([2H])c([2H])c([2H])c([2H])c3c(-c3cc4ccc5ccccc5c4c4ccccc34)c2c1[2H]. The van der Waals surface area contributed by atoms with E-state index in [-0.39, 0.29) is 45.7 Å². The maximum absolute atomic E-state index is 9.60. The van der Waals surface area contributed by atoms with E-state index in [1.807, 2.05) is 109 Å². The van der Waals surface area contributed by atoms with Gasteiger partial charge in [-0.2, -0.15) is 0 Å². The normalized spacial score (nSPS) is 14.4. The van der Waals surface area contributed by atoms with Crippen molar-refractivity contribution in [1.29, 1.82) is 0 Å². The fraction of sp³-hybridized carbons (Fsp3) is 0. The maximum Gasteiger partial charge on any atom is 0.136 e. The summed E-state index contributed by atoms with van der Waals surface area (Å²) in [5.74, 6) is 0. The van der Waals surface area contributed by atoms with Crippen LogP contribution in [0.25, 0.3) is 109 Å². The maximum atomic E-state index is 9.60. The van der Waals surface area contributed by atoms with Gasteiger partial charge in [0.25, 0.3) is 0 Å². The average Bonchev–Trinajstić information content (AvgIpc) is 3.61. The molecule has 0 radical (unpaired) electrons. The minimum Gasteiger partial charge on any atom is -0.456 e. The summed E-state index contributed by atoms with van der Waals surface area (Å²) >= 11 is 0. The quantitative estimate of drug-likeness (QED) is 0.137. The second kappa shape index (κ2) is 10.0. The Labute approximate surface area is 293 Å². The smallest absolute Gasteiger partial charge is 0.136 e. The Morgan fingerprint density at radius 2 is 0.918 bits per heavy atom. The second-order valence-electron chi connectivity index (χ2n) is 12.6. The lowest BCUT2D eigenvalue weighted by Gasteiger charge is -2.20. The summed E-state index contributed by atoms with van der Waals surface area (Å²) in [7, 11) is 0. The predicted octanol–water partition coefficient (Wildman–Crippen LogP) is 13.8. The van der Waals surface area contributed by atoms with Crippen molar-refractivity contribution in [1.82, 2.24) is 0 Å². The van der Waals surface area contributed by atoms with E-state index in [4.69, 9.17) is 9.90 Å². The van der Waals surface area contributed by atoms with Crippen LogP contribution >= 0.6 is 0 Å². The number of fused-ring (bicyclic) bond motifs is 11. The van der Waals surface area contributed by atoms with Gasteiger partial charge in [0.2, 0.25) is 0 Å². The van der Waals surface area contributed by atoms with Crippen LogP contribution in [-0.2, 0) is 0 Å².